The summed E-state index contributed by atoms with van der Waals surface area (Å²) in [5, 5.41) is 11.1. The van der Waals surface area contributed by atoms with Crippen LogP contribution in [-0.4, -0.2) is 9.49 Å². The smallest absolute Gasteiger partial charge is 0.295 e. The Morgan fingerprint density at radius 1 is 1.33 bits per heavy atom. The van der Waals surface area contributed by atoms with E-state index in [0.29, 0.717) is 12.1 Å². The minimum Gasteiger partial charge on any atom is -0.326 e. The van der Waals surface area contributed by atoms with Crippen molar-refractivity contribution in [1.29, 1.82) is 0 Å². The molecule has 0 bridgehead atoms. The number of aromatic nitrogens is 1. The van der Waals surface area contributed by atoms with Crippen molar-refractivity contribution in [2.24, 2.45) is 5.73 Å². The molecule has 0 saturated heterocycles. The summed E-state index contributed by atoms with van der Waals surface area (Å²) in [6.07, 6.45) is 4.64. The first-order valence-electron chi connectivity index (χ1n) is 5.44. The van der Waals surface area contributed by atoms with Crippen LogP contribution >= 0.6 is 0 Å². The van der Waals surface area contributed by atoms with Crippen molar-refractivity contribution in [2.45, 2.75) is 6.54 Å². The van der Waals surface area contributed by atoms with Gasteiger partial charge in [-0.3, -0.25) is 10.1 Å². The minimum absolute atomic E-state index is 0.0517. The van der Waals surface area contributed by atoms with Gasteiger partial charge in [0.25, 0.3) is 5.69 Å². The van der Waals surface area contributed by atoms with E-state index in [1.807, 2.05) is 24.3 Å². The fourth-order valence-electron chi connectivity index (χ4n) is 1.88. The van der Waals surface area contributed by atoms with Crippen molar-refractivity contribution in [3.8, 4) is 11.1 Å². The van der Waals surface area contributed by atoms with Gasteiger partial charge in [-0.25, -0.2) is 0 Å². The van der Waals surface area contributed by atoms with Crippen LogP contribution in [0.3, 0.4) is 0 Å². The molecule has 0 aliphatic rings. The monoisotopic (exact) mass is 243 g/mol. The van der Waals surface area contributed by atoms with Crippen LogP contribution < -0.4 is 5.73 Å². The lowest BCUT2D eigenvalue weighted by Gasteiger charge is -2.04. The molecule has 0 aliphatic heterocycles. The molecule has 0 spiro atoms. The highest BCUT2D eigenvalue weighted by atomic mass is 16.6. The summed E-state index contributed by atoms with van der Waals surface area (Å²) in [4.78, 5) is 10.7. The van der Waals surface area contributed by atoms with Gasteiger partial charge in [-0.2, -0.15) is 0 Å². The maximum absolute atomic E-state index is 11.1. The number of nitro groups is 1. The topological polar surface area (TPSA) is 74.1 Å². The van der Waals surface area contributed by atoms with E-state index in [1.165, 1.54) is 12.4 Å². The molecule has 0 fully saturated rings. The molecular formula is C13H13N3O2. The molecule has 2 N–H and O–H groups in total. The molecule has 2 aromatic rings. The summed E-state index contributed by atoms with van der Waals surface area (Å²) >= 11 is 0. The molecular weight excluding hydrogens is 230 g/mol. The quantitative estimate of drug-likeness (QED) is 0.662. The van der Waals surface area contributed by atoms with Crippen molar-refractivity contribution in [3.05, 3.63) is 58.9 Å². The number of hydrogen-bond acceptors (Lipinski definition) is 3. The van der Waals surface area contributed by atoms with Crippen molar-refractivity contribution in [3.63, 3.8) is 0 Å². The fraction of sp³-hybridized carbons (Fsp3) is 0.0769. The average molecular weight is 243 g/mol. The molecule has 92 valence electrons. The van der Waals surface area contributed by atoms with Gasteiger partial charge >= 0.3 is 0 Å². The van der Waals surface area contributed by atoms with Crippen LogP contribution in [0.25, 0.3) is 17.3 Å². The third kappa shape index (κ3) is 2.03. The van der Waals surface area contributed by atoms with Crippen LogP contribution in [0.4, 0.5) is 5.69 Å². The molecule has 0 saturated carbocycles. The summed E-state index contributed by atoms with van der Waals surface area (Å²) < 4.78 is 1.57. The lowest BCUT2D eigenvalue weighted by molar-refractivity contribution is -0.384. The Bertz CT molecular complexity index is 602. The average Bonchev–Trinajstić information content (AvgIpc) is 2.83. The number of nitrogens with two attached hydrogens (primary N) is 1. The Balaban J connectivity index is 2.65. The Morgan fingerprint density at radius 2 is 2.06 bits per heavy atom. The normalized spacial score (nSPS) is 10.3. The van der Waals surface area contributed by atoms with Gasteiger partial charge in [0, 0.05) is 18.9 Å². The van der Waals surface area contributed by atoms with Crippen molar-refractivity contribution < 1.29 is 4.92 Å². The van der Waals surface area contributed by atoms with Crippen molar-refractivity contribution in [1.82, 2.24) is 4.57 Å². The first-order valence-corrected chi connectivity index (χ1v) is 5.44. The van der Waals surface area contributed by atoms with E-state index in [4.69, 9.17) is 5.73 Å². The van der Waals surface area contributed by atoms with Crippen LogP contribution in [0.1, 0.15) is 5.56 Å². The molecule has 2 rings (SSSR count). The van der Waals surface area contributed by atoms with Gasteiger partial charge in [-0.05, 0) is 11.1 Å². The predicted molar refractivity (Wildman–Crippen MR) is 70.8 cm³/mol. The lowest BCUT2D eigenvalue weighted by Crippen LogP contribution is -1.99. The van der Waals surface area contributed by atoms with E-state index in [9.17, 15) is 10.1 Å². The zero-order chi connectivity index (χ0) is 13.1. The van der Waals surface area contributed by atoms with Gasteiger partial charge in [-0.1, -0.05) is 30.8 Å². The van der Waals surface area contributed by atoms with Crippen molar-refractivity contribution in [2.75, 3.05) is 0 Å². The Kier molecular flexibility index (Phi) is 3.25. The van der Waals surface area contributed by atoms with Gasteiger partial charge in [0.2, 0.25) is 0 Å². The van der Waals surface area contributed by atoms with Gasteiger partial charge < -0.3 is 10.3 Å². The second-order valence-electron chi connectivity index (χ2n) is 3.81. The van der Waals surface area contributed by atoms with Crippen LogP contribution in [0.5, 0.6) is 0 Å². The third-order valence-electron chi connectivity index (χ3n) is 2.76. The Hall–Kier alpha value is -2.40. The highest BCUT2D eigenvalue weighted by Crippen LogP contribution is 2.33. The third-order valence-corrected chi connectivity index (χ3v) is 2.76. The van der Waals surface area contributed by atoms with Gasteiger partial charge in [0.1, 0.15) is 0 Å². The zero-order valence-corrected chi connectivity index (χ0v) is 9.74. The van der Waals surface area contributed by atoms with Gasteiger partial charge in [-0.15, -0.1) is 0 Å². The van der Waals surface area contributed by atoms with E-state index in [1.54, 1.807) is 10.8 Å². The highest BCUT2D eigenvalue weighted by molar-refractivity contribution is 5.76. The fourth-order valence-corrected chi connectivity index (χ4v) is 1.88. The molecule has 18 heavy (non-hydrogen) atoms. The summed E-state index contributed by atoms with van der Waals surface area (Å²) in [7, 11) is 0. The lowest BCUT2D eigenvalue weighted by atomic mass is 10.0. The summed E-state index contributed by atoms with van der Waals surface area (Å²) in [5.41, 5.74) is 7.93. The standard InChI is InChI=1S/C13H13N3O2/c1-2-15-8-12(13(9-15)16(17)18)11-6-4-3-5-10(11)7-14/h2-6,8-9H,1,7,14H2. The van der Waals surface area contributed by atoms with E-state index in [2.05, 4.69) is 6.58 Å². The molecule has 5 heteroatoms. The Morgan fingerprint density at radius 3 is 2.67 bits per heavy atom. The largest absolute Gasteiger partial charge is 0.326 e. The number of benzene rings is 1. The molecule has 0 aliphatic carbocycles. The number of rotatable bonds is 4. The van der Waals surface area contributed by atoms with Crippen LogP contribution in [0.15, 0.2) is 43.2 Å². The van der Waals surface area contributed by atoms with E-state index < -0.39 is 4.92 Å². The maximum Gasteiger partial charge on any atom is 0.295 e. The van der Waals surface area contributed by atoms with Gasteiger partial charge in [0.05, 0.1) is 16.7 Å². The molecule has 0 unspecified atom stereocenters. The SMILES string of the molecule is C=Cn1cc(-c2ccccc2CN)c([N+](=O)[O-])c1. The maximum atomic E-state index is 11.1. The second kappa shape index (κ2) is 4.85. The number of hydrogen-bond donors (Lipinski definition) is 1. The molecule has 0 atom stereocenters. The minimum atomic E-state index is -0.400. The zero-order valence-electron chi connectivity index (χ0n) is 9.74. The van der Waals surface area contributed by atoms with E-state index in [0.717, 1.165) is 11.1 Å². The predicted octanol–water partition coefficient (Wildman–Crippen LogP) is 2.62. The first-order chi connectivity index (χ1) is 8.67. The molecule has 5 nitrogen and oxygen atoms in total. The summed E-state index contributed by atoms with van der Waals surface area (Å²) in [5.74, 6) is 0. The second-order valence-corrected chi connectivity index (χ2v) is 3.81. The van der Waals surface area contributed by atoms with Crippen molar-refractivity contribution >= 4 is 11.9 Å². The van der Waals surface area contributed by atoms with Crippen LogP contribution in [0, 0.1) is 10.1 Å². The highest BCUT2D eigenvalue weighted by Gasteiger charge is 2.19. The molecule has 1 aromatic carbocycles. The molecule has 1 heterocycles. The van der Waals surface area contributed by atoms with E-state index >= 15 is 0 Å². The summed E-state index contributed by atoms with van der Waals surface area (Å²) in [6.45, 7) is 3.94. The first kappa shape index (κ1) is 12.1. The van der Waals surface area contributed by atoms with Gasteiger partial charge in [0.15, 0.2) is 0 Å². The molecule has 1 aromatic heterocycles. The van der Waals surface area contributed by atoms with Crippen LogP contribution in [-0.2, 0) is 6.54 Å². The number of nitrogens with zero attached hydrogens (tertiary/aromatic N) is 2. The summed E-state index contributed by atoms with van der Waals surface area (Å²) in [6, 6.07) is 7.40. The molecule has 0 amide bonds. The van der Waals surface area contributed by atoms with E-state index in [-0.39, 0.29) is 5.69 Å². The molecule has 0 radical (unpaired) electrons. The van der Waals surface area contributed by atoms with Crippen LogP contribution in [0.2, 0.25) is 0 Å². The Labute approximate surface area is 104 Å².